The molecule has 5 heteroatoms. The second kappa shape index (κ2) is 6.59. The van der Waals surface area contributed by atoms with Crippen LogP contribution in [0.5, 0.6) is 0 Å². The minimum absolute atomic E-state index is 0.614. The molecule has 0 fully saturated rings. The second-order valence-corrected chi connectivity index (χ2v) is 5.65. The molecule has 1 aromatic rings. The van der Waals surface area contributed by atoms with E-state index in [1.165, 1.54) is 0 Å². The van der Waals surface area contributed by atoms with Crippen LogP contribution < -0.4 is 0 Å². The summed E-state index contributed by atoms with van der Waals surface area (Å²) in [4.78, 5) is 19.0. The summed E-state index contributed by atoms with van der Waals surface area (Å²) in [5.74, 6) is 0.230. The summed E-state index contributed by atoms with van der Waals surface area (Å²) in [7, 11) is 0. The third-order valence-corrected chi connectivity index (χ3v) is 3.56. The first-order valence-corrected chi connectivity index (χ1v) is 6.63. The Morgan fingerprint density at radius 1 is 1.41 bits per heavy atom. The van der Waals surface area contributed by atoms with Gasteiger partial charge in [-0.15, -0.1) is 11.8 Å². The zero-order valence-corrected chi connectivity index (χ0v) is 11.0. The summed E-state index contributed by atoms with van der Waals surface area (Å²) < 4.78 is 0. The second-order valence-electron chi connectivity index (χ2n) is 4.54. The fraction of sp³-hybridized carbons (Fsp3) is 0.583. The van der Waals surface area contributed by atoms with E-state index in [0.717, 1.165) is 23.6 Å². The van der Waals surface area contributed by atoms with Crippen molar-refractivity contribution in [2.45, 2.75) is 38.1 Å². The lowest BCUT2D eigenvalue weighted by Crippen LogP contribution is -2.23. The molecule has 4 nitrogen and oxygen atoms in total. The fourth-order valence-corrected chi connectivity index (χ4v) is 2.14. The van der Waals surface area contributed by atoms with E-state index in [2.05, 4.69) is 9.97 Å². The molecule has 1 aromatic heterocycles. The molecule has 0 aliphatic heterocycles. The maximum atomic E-state index is 10.9. The van der Waals surface area contributed by atoms with Gasteiger partial charge >= 0.3 is 5.97 Å². The van der Waals surface area contributed by atoms with Crippen molar-refractivity contribution in [1.29, 1.82) is 0 Å². The summed E-state index contributed by atoms with van der Waals surface area (Å²) in [5, 5.41) is 9.87. The lowest BCUT2D eigenvalue weighted by Gasteiger charge is -2.18. The molecule has 0 radical (unpaired) electrons. The van der Waals surface area contributed by atoms with Crippen molar-refractivity contribution >= 4 is 17.7 Å². The highest BCUT2D eigenvalue weighted by Crippen LogP contribution is 2.24. The van der Waals surface area contributed by atoms with Crippen molar-refractivity contribution in [3.8, 4) is 0 Å². The number of hydrogen-bond acceptors (Lipinski definition) is 4. The summed E-state index contributed by atoms with van der Waals surface area (Å²) in [5.41, 5.74) is -0.614. The highest BCUT2D eigenvalue weighted by molar-refractivity contribution is 7.99. The zero-order valence-electron chi connectivity index (χ0n) is 10.2. The Morgan fingerprint density at radius 2 is 2.18 bits per heavy atom. The van der Waals surface area contributed by atoms with E-state index < -0.39 is 11.4 Å². The van der Waals surface area contributed by atoms with Gasteiger partial charge in [-0.3, -0.25) is 9.78 Å². The summed E-state index contributed by atoms with van der Waals surface area (Å²) >= 11 is 1.66. The van der Waals surface area contributed by atoms with E-state index in [0.29, 0.717) is 6.42 Å². The van der Waals surface area contributed by atoms with Gasteiger partial charge in [-0.2, -0.15) is 0 Å². The minimum atomic E-state index is -0.723. The van der Waals surface area contributed by atoms with Crippen molar-refractivity contribution in [2.75, 3.05) is 5.75 Å². The van der Waals surface area contributed by atoms with Gasteiger partial charge < -0.3 is 5.11 Å². The maximum absolute atomic E-state index is 10.9. The largest absolute Gasteiger partial charge is 0.481 e. The first-order valence-electron chi connectivity index (χ1n) is 5.64. The normalized spacial score (nSPS) is 11.4. The quantitative estimate of drug-likeness (QED) is 0.599. The van der Waals surface area contributed by atoms with E-state index in [1.54, 1.807) is 44.2 Å². The molecule has 1 N–H and O–H groups in total. The van der Waals surface area contributed by atoms with Gasteiger partial charge in [0.05, 0.1) is 11.6 Å². The molecule has 0 atom stereocenters. The molecule has 0 bridgehead atoms. The molecule has 0 spiro atoms. The maximum Gasteiger partial charge on any atom is 0.309 e. The van der Waals surface area contributed by atoms with Crippen LogP contribution in [0.1, 0.15) is 33.1 Å². The van der Waals surface area contributed by atoms with Gasteiger partial charge in [-0.25, -0.2) is 4.98 Å². The van der Waals surface area contributed by atoms with Crippen LogP contribution in [0, 0.1) is 5.41 Å². The Kier molecular flexibility index (Phi) is 5.41. The van der Waals surface area contributed by atoms with Crippen LogP contribution in [-0.4, -0.2) is 26.8 Å². The molecule has 0 saturated carbocycles. The molecule has 0 unspecified atom stereocenters. The number of carboxylic acid groups (broad SMARTS) is 1. The smallest absolute Gasteiger partial charge is 0.309 e. The lowest BCUT2D eigenvalue weighted by molar-refractivity contribution is -0.147. The molecule has 0 saturated heterocycles. The topological polar surface area (TPSA) is 63.1 Å². The van der Waals surface area contributed by atoms with E-state index in [1.807, 2.05) is 0 Å². The zero-order chi connectivity index (χ0) is 12.7. The van der Waals surface area contributed by atoms with Gasteiger partial charge in [0.2, 0.25) is 0 Å². The highest BCUT2D eigenvalue weighted by atomic mass is 32.2. The molecular weight excluding hydrogens is 236 g/mol. The van der Waals surface area contributed by atoms with Crippen LogP contribution in [0.3, 0.4) is 0 Å². The van der Waals surface area contributed by atoms with Crippen molar-refractivity contribution < 1.29 is 9.90 Å². The van der Waals surface area contributed by atoms with E-state index in [9.17, 15) is 4.79 Å². The number of thioether (sulfide) groups is 1. The summed E-state index contributed by atoms with van der Waals surface area (Å²) in [6.45, 7) is 3.54. The Hall–Kier alpha value is -1.10. The number of carboxylic acids is 1. The van der Waals surface area contributed by atoms with Gasteiger partial charge in [0.15, 0.2) is 0 Å². The first kappa shape index (κ1) is 14.0. The van der Waals surface area contributed by atoms with Crippen LogP contribution in [0.25, 0.3) is 0 Å². The van der Waals surface area contributed by atoms with E-state index in [4.69, 9.17) is 5.11 Å². The van der Waals surface area contributed by atoms with Crippen LogP contribution >= 0.6 is 11.8 Å². The third-order valence-electron chi connectivity index (χ3n) is 2.56. The number of rotatable bonds is 7. The average molecular weight is 254 g/mol. The molecule has 0 aliphatic carbocycles. The van der Waals surface area contributed by atoms with E-state index in [-0.39, 0.29) is 0 Å². The van der Waals surface area contributed by atoms with Gasteiger partial charge in [-0.1, -0.05) is 6.42 Å². The standard InChI is InChI=1S/C12H18N2O2S/c1-12(2,11(15)16)5-3-4-8-17-10-9-13-6-7-14-10/h6-7,9H,3-5,8H2,1-2H3,(H,15,16). The van der Waals surface area contributed by atoms with Crippen LogP contribution in [0.2, 0.25) is 0 Å². The molecule has 0 aromatic carbocycles. The number of hydrogen-bond donors (Lipinski definition) is 1. The molecule has 94 valence electrons. The number of carbonyl (C=O) groups is 1. The minimum Gasteiger partial charge on any atom is -0.481 e. The number of aromatic nitrogens is 2. The Morgan fingerprint density at radius 3 is 2.76 bits per heavy atom. The number of unbranched alkanes of at least 4 members (excludes halogenated alkanes) is 1. The van der Waals surface area contributed by atoms with Crippen molar-refractivity contribution in [2.24, 2.45) is 5.41 Å². The van der Waals surface area contributed by atoms with Crippen LogP contribution in [0.15, 0.2) is 23.6 Å². The van der Waals surface area contributed by atoms with Crippen molar-refractivity contribution in [1.82, 2.24) is 9.97 Å². The lowest BCUT2D eigenvalue weighted by atomic mass is 9.88. The third kappa shape index (κ3) is 5.17. The predicted octanol–water partition coefficient (Wildman–Crippen LogP) is 2.85. The number of nitrogens with zero attached hydrogens (tertiary/aromatic N) is 2. The van der Waals surface area contributed by atoms with Crippen molar-refractivity contribution in [3.63, 3.8) is 0 Å². The fourth-order valence-electron chi connectivity index (χ4n) is 1.31. The van der Waals surface area contributed by atoms with Gasteiger partial charge in [-0.05, 0) is 32.4 Å². The Balaban J connectivity index is 2.15. The van der Waals surface area contributed by atoms with E-state index >= 15 is 0 Å². The van der Waals surface area contributed by atoms with Crippen LogP contribution in [-0.2, 0) is 4.79 Å². The molecule has 0 amide bonds. The van der Waals surface area contributed by atoms with Crippen molar-refractivity contribution in [3.05, 3.63) is 18.6 Å². The monoisotopic (exact) mass is 254 g/mol. The Bertz CT molecular complexity index is 355. The van der Waals surface area contributed by atoms with Gasteiger partial charge in [0.25, 0.3) is 0 Å². The van der Waals surface area contributed by atoms with Crippen LogP contribution in [0.4, 0.5) is 0 Å². The molecule has 1 heterocycles. The number of aliphatic carboxylic acids is 1. The SMILES string of the molecule is CC(C)(CCCCSc1cnccn1)C(=O)O. The molecule has 1 rings (SSSR count). The highest BCUT2D eigenvalue weighted by Gasteiger charge is 2.25. The average Bonchev–Trinajstić information content (AvgIpc) is 2.29. The molecule has 17 heavy (non-hydrogen) atoms. The molecule has 0 aliphatic rings. The Labute approximate surface area is 106 Å². The first-order chi connectivity index (χ1) is 8.02. The van der Waals surface area contributed by atoms with Gasteiger partial charge in [0.1, 0.15) is 5.03 Å². The molecular formula is C12H18N2O2S. The summed E-state index contributed by atoms with van der Waals surface area (Å²) in [6.07, 6.45) is 7.70. The van der Waals surface area contributed by atoms with Gasteiger partial charge in [0, 0.05) is 12.4 Å². The summed E-state index contributed by atoms with van der Waals surface area (Å²) in [6, 6.07) is 0. The predicted molar refractivity (Wildman–Crippen MR) is 68.0 cm³/mol.